The monoisotopic (exact) mass is 250 g/mol. The number of aliphatic hydroxyl groups is 2. The van der Waals surface area contributed by atoms with Gasteiger partial charge in [-0.1, -0.05) is 6.07 Å². The molecule has 1 aliphatic rings. The van der Waals surface area contributed by atoms with Gasteiger partial charge >= 0.3 is 0 Å². The van der Waals surface area contributed by atoms with Crippen LogP contribution in [0.4, 0.5) is 11.4 Å². The molecule has 0 aliphatic carbocycles. The fraction of sp³-hybridized carbons (Fsp3) is 0.571. The first-order valence-corrected chi connectivity index (χ1v) is 6.59. The minimum Gasteiger partial charge on any atom is -0.394 e. The van der Waals surface area contributed by atoms with Crippen LogP contribution in [0.2, 0.25) is 0 Å². The molecule has 0 bridgehead atoms. The zero-order valence-electron chi connectivity index (χ0n) is 10.9. The molecule has 1 atom stereocenters. The van der Waals surface area contributed by atoms with E-state index >= 15 is 0 Å². The van der Waals surface area contributed by atoms with Crippen LogP contribution in [0.15, 0.2) is 18.2 Å². The Morgan fingerprint density at radius 1 is 1.33 bits per heavy atom. The van der Waals surface area contributed by atoms with E-state index in [1.807, 2.05) is 12.1 Å². The van der Waals surface area contributed by atoms with Gasteiger partial charge in [0.2, 0.25) is 0 Å². The Kier molecular flexibility index (Phi) is 4.44. The lowest BCUT2D eigenvalue weighted by molar-refractivity contribution is 0.105. The van der Waals surface area contributed by atoms with Crippen molar-refractivity contribution in [2.75, 3.05) is 36.5 Å². The van der Waals surface area contributed by atoms with Crippen LogP contribution in [0.5, 0.6) is 0 Å². The summed E-state index contributed by atoms with van der Waals surface area (Å²) in [7, 11) is 0. The molecule has 2 rings (SSSR count). The van der Waals surface area contributed by atoms with Gasteiger partial charge in [-0.25, -0.2) is 0 Å². The van der Waals surface area contributed by atoms with E-state index in [2.05, 4.69) is 23.2 Å². The smallest absolute Gasteiger partial charge is 0.0942 e. The minimum absolute atomic E-state index is 0.210. The molecular formula is C14H22N2O2. The van der Waals surface area contributed by atoms with E-state index in [1.165, 1.54) is 24.1 Å². The molecular weight excluding hydrogens is 228 g/mol. The second kappa shape index (κ2) is 6.07. The van der Waals surface area contributed by atoms with Crippen LogP contribution in [0, 0.1) is 6.92 Å². The van der Waals surface area contributed by atoms with Crippen molar-refractivity contribution in [3.63, 3.8) is 0 Å². The van der Waals surface area contributed by atoms with Gasteiger partial charge in [0.05, 0.1) is 12.7 Å². The molecule has 1 unspecified atom stereocenters. The summed E-state index contributed by atoms with van der Waals surface area (Å²) < 4.78 is 0. The molecule has 0 spiro atoms. The Labute approximate surface area is 108 Å². The largest absolute Gasteiger partial charge is 0.394 e. The standard InChI is InChI=1S/C14H22N2O2/c1-11-13(15-9-12(18)10-17)5-4-6-14(11)16-7-2-3-8-16/h4-6,12,15,17-18H,2-3,7-10H2,1H3. The van der Waals surface area contributed by atoms with Crippen molar-refractivity contribution in [3.8, 4) is 0 Å². The number of nitrogens with one attached hydrogen (secondary N) is 1. The second-order valence-corrected chi connectivity index (χ2v) is 4.86. The zero-order chi connectivity index (χ0) is 13.0. The summed E-state index contributed by atoms with van der Waals surface area (Å²) in [5, 5.41) is 21.4. The quantitative estimate of drug-likeness (QED) is 0.738. The minimum atomic E-state index is -0.708. The Balaban J connectivity index is 2.09. The maximum absolute atomic E-state index is 9.37. The van der Waals surface area contributed by atoms with Gasteiger partial charge in [0.1, 0.15) is 0 Å². The molecule has 3 N–H and O–H groups in total. The van der Waals surface area contributed by atoms with Gasteiger partial charge in [-0.2, -0.15) is 0 Å². The molecule has 1 fully saturated rings. The van der Waals surface area contributed by atoms with Crippen LogP contribution in [0.3, 0.4) is 0 Å². The first kappa shape index (κ1) is 13.2. The van der Waals surface area contributed by atoms with Crippen LogP contribution in [-0.2, 0) is 0 Å². The van der Waals surface area contributed by atoms with Crippen LogP contribution in [0.25, 0.3) is 0 Å². The normalized spacial score (nSPS) is 16.9. The Morgan fingerprint density at radius 3 is 2.72 bits per heavy atom. The van der Waals surface area contributed by atoms with E-state index in [-0.39, 0.29) is 6.61 Å². The summed E-state index contributed by atoms with van der Waals surface area (Å²) in [6.45, 7) is 4.52. The summed E-state index contributed by atoms with van der Waals surface area (Å²) in [5.74, 6) is 0. The molecule has 0 radical (unpaired) electrons. The topological polar surface area (TPSA) is 55.7 Å². The van der Waals surface area contributed by atoms with E-state index in [0.29, 0.717) is 6.54 Å². The van der Waals surface area contributed by atoms with Crippen LogP contribution in [0.1, 0.15) is 18.4 Å². The number of nitrogens with zero attached hydrogens (tertiary/aromatic N) is 1. The Morgan fingerprint density at radius 2 is 2.06 bits per heavy atom. The second-order valence-electron chi connectivity index (χ2n) is 4.86. The highest BCUT2D eigenvalue weighted by molar-refractivity contribution is 5.66. The molecule has 0 aromatic heterocycles. The highest BCUT2D eigenvalue weighted by atomic mass is 16.3. The molecule has 0 amide bonds. The van der Waals surface area contributed by atoms with Crippen molar-refractivity contribution in [1.29, 1.82) is 0 Å². The van der Waals surface area contributed by atoms with Crippen LogP contribution >= 0.6 is 0 Å². The third-order valence-electron chi connectivity index (χ3n) is 3.49. The molecule has 4 nitrogen and oxygen atoms in total. The van der Waals surface area contributed by atoms with Crippen LogP contribution in [-0.4, -0.2) is 42.6 Å². The highest BCUT2D eigenvalue weighted by Gasteiger charge is 2.15. The van der Waals surface area contributed by atoms with Crippen molar-refractivity contribution in [1.82, 2.24) is 0 Å². The first-order chi connectivity index (χ1) is 8.72. The van der Waals surface area contributed by atoms with Gasteiger partial charge in [0.15, 0.2) is 0 Å². The van der Waals surface area contributed by atoms with Gasteiger partial charge in [0, 0.05) is 31.0 Å². The lowest BCUT2D eigenvalue weighted by Crippen LogP contribution is -2.24. The summed E-state index contributed by atoms with van der Waals surface area (Å²) in [6.07, 6.45) is 1.82. The van der Waals surface area contributed by atoms with E-state index < -0.39 is 6.10 Å². The molecule has 100 valence electrons. The maximum Gasteiger partial charge on any atom is 0.0942 e. The van der Waals surface area contributed by atoms with Gasteiger partial charge in [-0.05, 0) is 37.5 Å². The summed E-state index contributed by atoms with van der Waals surface area (Å²) in [4.78, 5) is 2.41. The van der Waals surface area contributed by atoms with E-state index in [4.69, 9.17) is 5.11 Å². The average molecular weight is 250 g/mol. The fourth-order valence-electron chi connectivity index (χ4n) is 2.41. The number of benzene rings is 1. The highest BCUT2D eigenvalue weighted by Crippen LogP contribution is 2.29. The van der Waals surface area contributed by atoms with Crippen molar-refractivity contribution in [3.05, 3.63) is 23.8 Å². The van der Waals surface area contributed by atoms with E-state index in [1.54, 1.807) is 0 Å². The molecule has 18 heavy (non-hydrogen) atoms. The van der Waals surface area contributed by atoms with E-state index in [9.17, 15) is 5.11 Å². The molecule has 0 saturated carbocycles. The third kappa shape index (κ3) is 2.94. The summed E-state index contributed by atoms with van der Waals surface area (Å²) in [6, 6.07) is 6.20. The lowest BCUT2D eigenvalue weighted by Gasteiger charge is -2.22. The summed E-state index contributed by atoms with van der Waals surface area (Å²) in [5.41, 5.74) is 3.52. The predicted molar refractivity (Wildman–Crippen MR) is 74.2 cm³/mol. The molecule has 1 aromatic rings. The molecule has 1 aromatic carbocycles. The third-order valence-corrected chi connectivity index (χ3v) is 3.49. The number of rotatable bonds is 5. The number of anilines is 2. The molecule has 1 aliphatic heterocycles. The molecule has 4 heteroatoms. The zero-order valence-corrected chi connectivity index (χ0v) is 10.9. The van der Waals surface area contributed by atoms with Crippen molar-refractivity contribution >= 4 is 11.4 Å². The van der Waals surface area contributed by atoms with Crippen molar-refractivity contribution in [2.45, 2.75) is 25.9 Å². The number of hydrogen-bond acceptors (Lipinski definition) is 4. The first-order valence-electron chi connectivity index (χ1n) is 6.59. The molecule has 1 saturated heterocycles. The number of hydrogen-bond donors (Lipinski definition) is 3. The van der Waals surface area contributed by atoms with E-state index in [0.717, 1.165) is 18.8 Å². The van der Waals surface area contributed by atoms with Gasteiger partial charge in [-0.3, -0.25) is 0 Å². The Bertz CT molecular complexity index is 389. The van der Waals surface area contributed by atoms with Gasteiger partial charge in [-0.15, -0.1) is 0 Å². The Hall–Kier alpha value is -1.26. The van der Waals surface area contributed by atoms with Gasteiger partial charge < -0.3 is 20.4 Å². The molecule has 1 heterocycles. The van der Waals surface area contributed by atoms with Crippen molar-refractivity contribution < 1.29 is 10.2 Å². The number of aliphatic hydroxyl groups excluding tert-OH is 2. The van der Waals surface area contributed by atoms with Crippen molar-refractivity contribution in [2.24, 2.45) is 0 Å². The lowest BCUT2D eigenvalue weighted by atomic mass is 10.1. The SMILES string of the molecule is Cc1c(NCC(O)CO)cccc1N1CCCC1. The maximum atomic E-state index is 9.37. The average Bonchev–Trinajstić information content (AvgIpc) is 2.91. The predicted octanol–water partition coefficient (Wildman–Crippen LogP) is 1.36. The summed E-state index contributed by atoms with van der Waals surface area (Å²) >= 11 is 0. The van der Waals surface area contributed by atoms with Gasteiger partial charge in [0.25, 0.3) is 0 Å². The fourth-order valence-corrected chi connectivity index (χ4v) is 2.41. The van der Waals surface area contributed by atoms with Crippen LogP contribution < -0.4 is 10.2 Å².